The minimum absolute atomic E-state index is 0.377. The zero-order valence-electron chi connectivity index (χ0n) is 39.0. The van der Waals surface area contributed by atoms with Crippen molar-refractivity contribution in [2.75, 3.05) is 0 Å². The molecule has 0 fully saturated rings. The number of carbonyl (C=O) groups is 1. The number of carboxylic acids is 1. The van der Waals surface area contributed by atoms with Crippen molar-refractivity contribution in [1.29, 1.82) is 0 Å². The lowest BCUT2D eigenvalue weighted by Gasteiger charge is -2.57. The van der Waals surface area contributed by atoms with Crippen LogP contribution in [0, 0.1) is 22.2 Å². The summed E-state index contributed by atoms with van der Waals surface area (Å²) in [5, 5.41) is 11.0. The highest BCUT2D eigenvalue weighted by Crippen LogP contribution is 2.62. The summed E-state index contributed by atoms with van der Waals surface area (Å²) in [5.74, 6) is 0.224. The summed E-state index contributed by atoms with van der Waals surface area (Å²) >= 11 is 0. The Morgan fingerprint density at radius 1 is 0.370 bits per heavy atom. The predicted octanol–water partition coefficient (Wildman–Crippen LogP) is 19.0. The molecule has 0 heterocycles. The lowest BCUT2D eigenvalue weighted by atomic mass is 9.47. The Labute approximate surface area is 342 Å². The van der Waals surface area contributed by atoms with Crippen LogP contribution in [0.3, 0.4) is 0 Å². The summed E-state index contributed by atoms with van der Waals surface area (Å²) in [6.07, 6.45) is 50.4. The number of hydrogen-bond donors (Lipinski definition) is 1. The summed E-state index contributed by atoms with van der Waals surface area (Å²) in [7, 11) is 0. The molecule has 0 rings (SSSR count). The Morgan fingerprint density at radius 2 is 0.648 bits per heavy atom. The second kappa shape index (κ2) is 35.6. The summed E-state index contributed by atoms with van der Waals surface area (Å²) in [6.45, 7) is 19.0. The lowest BCUT2D eigenvalue weighted by molar-refractivity contribution is -0.151. The van der Waals surface area contributed by atoms with Crippen LogP contribution < -0.4 is 0 Å². The van der Waals surface area contributed by atoms with Gasteiger partial charge in [-0.05, 0) is 74.5 Å². The van der Waals surface area contributed by atoms with Crippen molar-refractivity contribution in [3.05, 3.63) is 0 Å². The summed E-state index contributed by atoms with van der Waals surface area (Å²) in [6, 6.07) is 0. The van der Waals surface area contributed by atoms with Crippen molar-refractivity contribution in [2.45, 2.75) is 306 Å². The molecule has 0 saturated carbocycles. The first-order valence-electron chi connectivity index (χ1n) is 25.5. The molecule has 0 aliphatic rings. The van der Waals surface area contributed by atoms with E-state index in [0.717, 1.165) is 38.5 Å². The minimum atomic E-state index is -0.526. The van der Waals surface area contributed by atoms with E-state index in [1.165, 1.54) is 212 Å². The first-order chi connectivity index (χ1) is 26.3. The molecule has 0 aromatic heterocycles. The molecule has 2 nitrogen and oxygen atoms in total. The molecule has 2 heteroatoms. The molecule has 0 aliphatic heterocycles. The topological polar surface area (TPSA) is 37.3 Å². The van der Waals surface area contributed by atoms with E-state index < -0.39 is 11.4 Å². The maximum Gasteiger partial charge on any atom is 0.309 e. The Kier molecular flexibility index (Phi) is 35.3. The fourth-order valence-electron chi connectivity index (χ4n) is 11.1. The van der Waals surface area contributed by atoms with E-state index in [0.29, 0.717) is 16.7 Å². The Hall–Kier alpha value is -0.530. The number of rotatable bonds is 43. The molecule has 0 bridgehead atoms. The van der Waals surface area contributed by atoms with Crippen molar-refractivity contribution in [3.8, 4) is 0 Å². The van der Waals surface area contributed by atoms with Gasteiger partial charge in [-0.15, -0.1) is 0 Å². The zero-order valence-corrected chi connectivity index (χ0v) is 39.0. The highest BCUT2D eigenvalue weighted by Gasteiger charge is 2.52. The molecular formula is C52H104O2. The maximum atomic E-state index is 13.4. The zero-order chi connectivity index (χ0) is 40.2. The van der Waals surface area contributed by atoms with Gasteiger partial charge >= 0.3 is 5.97 Å². The van der Waals surface area contributed by atoms with E-state index in [2.05, 4.69) is 55.4 Å². The third-order valence-electron chi connectivity index (χ3n) is 14.5. The van der Waals surface area contributed by atoms with E-state index >= 15 is 0 Å². The Morgan fingerprint density at radius 3 is 0.926 bits per heavy atom. The van der Waals surface area contributed by atoms with Gasteiger partial charge < -0.3 is 5.11 Å². The largest absolute Gasteiger partial charge is 0.481 e. The highest BCUT2D eigenvalue weighted by atomic mass is 16.4. The summed E-state index contributed by atoms with van der Waals surface area (Å²) < 4.78 is 0. The van der Waals surface area contributed by atoms with Gasteiger partial charge in [0.15, 0.2) is 0 Å². The number of hydrogen-bond acceptors (Lipinski definition) is 1. The average Bonchev–Trinajstić information content (AvgIpc) is 3.17. The van der Waals surface area contributed by atoms with Crippen molar-refractivity contribution in [2.24, 2.45) is 22.2 Å². The van der Waals surface area contributed by atoms with Gasteiger partial charge in [-0.2, -0.15) is 0 Å². The molecule has 0 amide bonds. The SMILES string of the molecule is CCCCCCC(CCCCCC)(CCCC(CC)C(CCCCCC)(CCCCCC)C(CCCCCC)(CCCCCC)CCCCCC)C(=O)O. The molecule has 0 saturated heterocycles. The van der Waals surface area contributed by atoms with Crippen LogP contribution in [0.25, 0.3) is 0 Å². The molecule has 0 spiro atoms. The first kappa shape index (κ1) is 53.5. The van der Waals surface area contributed by atoms with Gasteiger partial charge in [0.25, 0.3) is 0 Å². The third kappa shape index (κ3) is 21.3. The van der Waals surface area contributed by atoms with Gasteiger partial charge in [0.05, 0.1) is 5.41 Å². The van der Waals surface area contributed by atoms with E-state index in [4.69, 9.17) is 0 Å². The quantitative estimate of drug-likeness (QED) is 0.0629. The smallest absolute Gasteiger partial charge is 0.309 e. The highest BCUT2D eigenvalue weighted by molar-refractivity contribution is 5.74. The van der Waals surface area contributed by atoms with Crippen LogP contribution in [-0.4, -0.2) is 11.1 Å². The molecule has 0 radical (unpaired) electrons. The van der Waals surface area contributed by atoms with E-state index in [-0.39, 0.29) is 0 Å². The Balaban J connectivity index is 7.18. The van der Waals surface area contributed by atoms with Gasteiger partial charge in [0, 0.05) is 0 Å². The van der Waals surface area contributed by atoms with Gasteiger partial charge in [-0.1, -0.05) is 248 Å². The summed E-state index contributed by atoms with van der Waals surface area (Å²) in [4.78, 5) is 13.4. The molecule has 54 heavy (non-hydrogen) atoms. The molecule has 0 aromatic rings. The Bertz CT molecular complexity index is 745. The fraction of sp³-hybridized carbons (Fsp3) is 0.981. The lowest BCUT2D eigenvalue weighted by Crippen LogP contribution is -2.48. The number of carboxylic acid groups (broad SMARTS) is 1. The van der Waals surface area contributed by atoms with E-state index in [9.17, 15) is 9.90 Å². The van der Waals surface area contributed by atoms with Crippen LogP contribution in [0.5, 0.6) is 0 Å². The molecule has 1 unspecified atom stereocenters. The van der Waals surface area contributed by atoms with Crippen LogP contribution >= 0.6 is 0 Å². The molecule has 0 aromatic carbocycles. The first-order valence-corrected chi connectivity index (χ1v) is 25.5. The van der Waals surface area contributed by atoms with Gasteiger partial charge in [-0.25, -0.2) is 0 Å². The number of unbranched alkanes of at least 4 members (excludes halogenated alkanes) is 21. The monoisotopic (exact) mass is 761 g/mol. The number of aliphatic carboxylic acids is 1. The second-order valence-corrected chi connectivity index (χ2v) is 18.7. The minimum Gasteiger partial charge on any atom is -0.481 e. The van der Waals surface area contributed by atoms with Crippen LogP contribution in [0.2, 0.25) is 0 Å². The van der Waals surface area contributed by atoms with Gasteiger partial charge in [0.2, 0.25) is 0 Å². The fourth-order valence-corrected chi connectivity index (χ4v) is 11.1. The summed E-state index contributed by atoms with van der Waals surface area (Å²) in [5.41, 5.74) is 0.274. The van der Waals surface area contributed by atoms with Crippen LogP contribution in [-0.2, 0) is 4.79 Å². The van der Waals surface area contributed by atoms with Crippen LogP contribution in [0.15, 0.2) is 0 Å². The molecular weight excluding hydrogens is 657 g/mol. The van der Waals surface area contributed by atoms with Crippen molar-refractivity contribution in [3.63, 3.8) is 0 Å². The predicted molar refractivity (Wildman–Crippen MR) is 244 cm³/mol. The van der Waals surface area contributed by atoms with Crippen molar-refractivity contribution < 1.29 is 9.90 Å². The molecule has 324 valence electrons. The van der Waals surface area contributed by atoms with Gasteiger partial charge in [-0.3, -0.25) is 4.79 Å². The van der Waals surface area contributed by atoms with Crippen LogP contribution in [0.4, 0.5) is 0 Å². The van der Waals surface area contributed by atoms with E-state index in [1.807, 2.05) is 0 Å². The second-order valence-electron chi connectivity index (χ2n) is 18.7. The third-order valence-corrected chi connectivity index (χ3v) is 14.5. The molecule has 1 atom stereocenters. The van der Waals surface area contributed by atoms with E-state index in [1.54, 1.807) is 0 Å². The maximum absolute atomic E-state index is 13.4. The van der Waals surface area contributed by atoms with Crippen molar-refractivity contribution >= 4 is 5.97 Å². The normalized spacial score (nSPS) is 13.2. The average molecular weight is 761 g/mol. The standard InChI is InChI=1S/C52H104O2/c1-9-17-24-31-40-50(49(53)54,41-32-25-18-10-2)42-38-39-48(16-8)52(46-36-29-22-14-6,47-37-30-23-15-7)51(43-33-26-19-11-3,44-34-27-20-12-4)45-35-28-21-13-5/h48H,9-47H2,1-8H3,(H,53,54). The molecule has 0 aliphatic carbocycles. The molecule has 1 N–H and O–H groups in total. The van der Waals surface area contributed by atoms with Gasteiger partial charge in [0.1, 0.15) is 0 Å². The van der Waals surface area contributed by atoms with Crippen molar-refractivity contribution in [1.82, 2.24) is 0 Å². The van der Waals surface area contributed by atoms with Crippen LogP contribution in [0.1, 0.15) is 306 Å².